The smallest absolute Gasteiger partial charge is 0.468 e. The van der Waals surface area contributed by atoms with Crippen LogP contribution in [0, 0.1) is 13.8 Å². The van der Waals surface area contributed by atoms with Crippen LogP contribution in [0.15, 0.2) is 22.9 Å². The van der Waals surface area contributed by atoms with Crippen LogP contribution in [0.5, 0.6) is 5.88 Å². The van der Waals surface area contributed by atoms with Crippen molar-refractivity contribution in [3.05, 3.63) is 46.5 Å². The summed E-state index contributed by atoms with van der Waals surface area (Å²) in [6.45, 7) is 3.62. The van der Waals surface area contributed by atoms with E-state index in [1.54, 1.807) is 0 Å². The fraction of sp³-hybridized carbons (Fsp3) is 0.267. The van der Waals surface area contributed by atoms with Gasteiger partial charge in [-0.15, -0.1) is 0 Å². The molecule has 0 N–H and O–H groups in total. The lowest BCUT2D eigenvalue weighted by Crippen LogP contribution is -2.06. The first-order chi connectivity index (χ1) is 12.2. The summed E-state index contributed by atoms with van der Waals surface area (Å²) in [5, 5.41) is 3.25. The SMILES string of the molecule is Cc1cc(C)nc(COc2nccc(-c3noc(C(F)(F)F)n3)c2Cl)n1. The third kappa shape index (κ3) is 3.90. The van der Waals surface area contributed by atoms with Crippen molar-refractivity contribution in [3.8, 4) is 17.3 Å². The molecule has 0 unspecified atom stereocenters. The second-order valence-electron chi connectivity index (χ2n) is 5.25. The van der Waals surface area contributed by atoms with Gasteiger partial charge in [-0.25, -0.2) is 15.0 Å². The van der Waals surface area contributed by atoms with Crippen LogP contribution in [0.1, 0.15) is 23.1 Å². The molecule has 3 aromatic heterocycles. The monoisotopic (exact) mass is 385 g/mol. The van der Waals surface area contributed by atoms with Crippen LogP contribution in [-0.2, 0) is 12.8 Å². The molecule has 0 fully saturated rings. The first-order valence-corrected chi connectivity index (χ1v) is 7.61. The average Bonchev–Trinajstić information content (AvgIpc) is 3.03. The molecule has 0 atom stereocenters. The van der Waals surface area contributed by atoms with Crippen molar-refractivity contribution in [2.24, 2.45) is 0 Å². The number of aryl methyl sites for hydroxylation is 2. The maximum absolute atomic E-state index is 12.6. The van der Waals surface area contributed by atoms with Crippen molar-refractivity contribution < 1.29 is 22.4 Å². The van der Waals surface area contributed by atoms with E-state index in [9.17, 15) is 13.2 Å². The number of nitrogens with zero attached hydrogens (tertiary/aromatic N) is 5. The molecular formula is C15H11ClF3N5O2. The van der Waals surface area contributed by atoms with Crippen molar-refractivity contribution in [1.29, 1.82) is 0 Å². The van der Waals surface area contributed by atoms with Crippen LogP contribution in [0.4, 0.5) is 13.2 Å². The molecule has 7 nitrogen and oxygen atoms in total. The summed E-state index contributed by atoms with van der Waals surface area (Å²) in [6, 6.07) is 3.16. The van der Waals surface area contributed by atoms with Gasteiger partial charge in [0, 0.05) is 23.1 Å². The van der Waals surface area contributed by atoms with Gasteiger partial charge in [-0.05, 0) is 26.0 Å². The Hall–Kier alpha value is -2.75. The van der Waals surface area contributed by atoms with Gasteiger partial charge < -0.3 is 9.26 Å². The summed E-state index contributed by atoms with van der Waals surface area (Å²) in [7, 11) is 0. The fourth-order valence-electron chi connectivity index (χ4n) is 2.14. The summed E-state index contributed by atoms with van der Waals surface area (Å²) in [5.74, 6) is -1.38. The van der Waals surface area contributed by atoms with E-state index in [1.165, 1.54) is 12.3 Å². The third-order valence-corrected chi connectivity index (χ3v) is 3.50. The Labute approximate surface area is 150 Å². The van der Waals surface area contributed by atoms with Gasteiger partial charge in [0.15, 0.2) is 5.82 Å². The fourth-order valence-corrected chi connectivity index (χ4v) is 2.39. The van der Waals surface area contributed by atoms with E-state index in [4.69, 9.17) is 16.3 Å². The zero-order valence-corrected chi connectivity index (χ0v) is 14.3. The largest absolute Gasteiger partial charge is 0.471 e. The minimum atomic E-state index is -4.75. The number of aromatic nitrogens is 5. The van der Waals surface area contributed by atoms with Gasteiger partial charge in [0.05, 0.1) is 0 Å². The Bertz CT molecular complexity index is 925. The van der Waals surface area contributed by atoms with Crippen LogP contribution in [0.3, 0.4) is 0 Å². The third-order valence-electron chi connectivity index (χ3n) is 3.13. The summed E-state index contributed by atoms with van der Waals surface area (Å²) in [4.78, 5) is 15.7. The second-order valence-corrected chi connectivity index (χ2v) is 5.63. The van der Waals surface area contributed by atoms with Crippen LogP contribution < -0.4 is 4.74 Å². The van der Waals surface area contributed by atoms with E-state index in [0.29, 0.717) is 5.82 Å². The lowest BCUT2D eigenvalue weighted by molar-refractivity contribution is -0.159. The Morgan fingerprint density at radius 1 is 1.15 bits per heavy atom. The standard InChI is InChI=1S/C15H11ClF3N5O2/c1-7-5-8(2)22-10(21-7)6-25-13-11(16)9(3-4-20-13)12-23-14(26-24-12)15(17,18)19/h3-5H,6H2,1-2H3. The van der Waals surface area contributed by atoms with Gasteiger partial charge in [0.1, 0.15) is 11.6 Å². The number of rotatable bonds is 4. The highest BCUT2D eigenvalue weighted by atomic mass is 35.5. The summed E-state index contributed by atoms with van der Waals surface area (Å²) < 4.78 is 47.5. The number of ether oxygens (including phenoxy) is 1. The van der Waals surface area contributed by atoms with Crippen LogP contribution in [-0.4, -0.2) is 25.1 Å². The van der Waals surface area contributed by atoms with Crippen molar-refractivity contribution in [2.45, 2.75) is 26.6 Å². The van der Waals surface area contributed by atoms with Gasteiger partial charge in [0.25, 0.3) is 0 Å². The molecule has 3 rings (SSSR count). The second kappa shape index (κ2) is 6.87. The van der Waals surface area contributed by atoms with Crippen molar-refractivity contribution in [3.63, 3.8) is 0 Å². The highest BCUT2D eigenvalue weighted by molar-refractivity contribution is 6.34. The van der Waals surface area contributed by atoms with E-state index in [2.05, 4.69) is 29.6 Å². The molecular weight excluding hydrogens is 375 g/mol. The lowest BCUT2D eigenvalue weighted by Gasteiger charge is -2.08. The topological polar surface area (TPSA) is 86.8 Å². The van der Waals surface area contributed by atoms with Crippen molar-refractivity contribution >= 4 is 11.6 Å². The number of halogens is 4. The molecule has 0 saturated heterocycles. The van der Waals surface area contributed by atoms with E-state index in [-0.39, 0.29) is 28.9 Å². The molecule has 0 bridgehead atoms. The molecule has 0 aliphatic rings. The molecule has 11 heteroatoms. The zero-order chi connectivity index (χ0) is 18.9. The van der Waals surface area contributed by atoms with E-state index in [1.807, 2.05) is 19.9 Å². The van der Waals surface area contributed by atoms with Gasteiger partial charge in [-0.1, -0.05) is 16.8 Å². The quantitative estimate of drug-likeness (QED) is 0.675. The Morgan fingerprint density at radius 3 is 2.46 bits per heavy atom. The first-order valence-electron chi connectivity index (χ1n) is 7.24. The van der Waals surface area contributed by atoms with Gasteiger partial charge >= 0.3 is 12.1 Å². The van der Waals surface area contributed by atoms with E-state index >= 15 is 0 Å². The molecule has 0 radical (unpaired) electrons. The molecule has 0 spiro atoms. The Balaban J connectivity index is 1.84. The molecule has 0 aliphatic carbocycles. The number of hydrogen-bond donors (Lipinski definition) is 0. The lowest BCUT2D eigenvalue weighted by atomic mass is 10.2. The number of alkyl halides is 3. The molecule has 3 aromatic rings. The predicted molar refractivity (Wildman–Crippen MR) is 83.4 cm³/mol. The summed E-state index contributed by atoms with van der Waals surface area (Å²) in [6.07, 6.45) is -3.44. The normalized spacial score (nSPS) is 11.6. The molecule has 0 aliphatic heterocycles. The summed E-state index contributed by atoms with van der Waals surface area (Å²) in [5.41, 5.74) is 1.64. The minimum Gasteiger partial charge on any atom is -0.468 e. The summed E-state index contributed by atoms with van der Waals surface area (Å²) >= 11 is 6.16. The molecule has 0 aromatic carbocycles. The van der Waals surface area contributed by atoms with Gasteiger partial charge in [0.2, 0.25) is 11.7 Å². The predicted octanol–water partition coefficient (Wildman–Crippen LogP) is 3.79. The molecule has 0 saturated carbocycles. The van der Waals surface area contributed by atoms with Crippen molar-refractivity contribution in [2.75, 3.05) is 0 Å². The van der Waals surface area contributed by atoms with Crippen molar-refractivity contribution in [1.82, 2.24) is 25.1 Å². The van der Waals surface area contributed by atoms with E-state index < -0.39 is 12.1 Å². The van der Waals surface area contributed by atoms with Gasteiger partial charge in [-0.3, -0.25) is 0 Å². The molecule has 3 heterocycles. The molecule has 26 heavy (non-hydrogen) atoms. The Kier molecular flexibility index (Phi) is 4.77. The highest BCUT2D eigenvalue weighted by Gasteiger charge is 2.38. The number of hydrogen-bond acceptors (Lipinski definition) is 7. The minimum absolute atomic E-state index is 0.00900. The van der Waals surface area contributed by atoms with Crippen LogP contribution in [0.25, 0.3) is 11.4 Å². The Morgan fingerprint density at radius 2 is 1.85 bits per heavy atom. The van der Waals surface area contributed by atoms with E-state index in [0.717, 1.165) is 11.4 Å². The zero-order valence-electron chi connectivity index (χ0n) is 13.5. The highest BCUT2D eigenvalue weighted by Crippen LogP contribution is 2.34. The molecule has 136 valence electrons. The van der Waals surface area contributed by atoms with Crippen LogP contribution >= 0.6 is 11.6 Å². The maximum Gasteiger partial charge on any atom is 0.471 e. The first kappa shape index (κ1) is 18.1. The van der Waals surface area contributed by atoms with Gasteiger partial charge in [-0.2, -0.15) is 18.2 Å². The maximum atomic E-state index is 12.6. The number of pyridine rings is 1. The average molecular weight is 386 g/mol. The van der Waals surface area contributed by atoms with Crippen LogP contribution in [0.2, 0.25) is 5.02 Å². The molecule has 0 amide bonds.